The number of nitrogens with two attached hydrogens (primary N) is 1. The largest absolute Gasteiger partial charge is 0.271 e. The van der Waals surface area contributed by atoms with Gasteiger partial charge >= 0.3 is 0 Å². The zero-order valence-corrected chi connectivity index (χ0v) is 9.93. The van der Waals surface area contributed by atoms with E-state index in [0.29, 0.717) is 0 Å². The van der Waals surface area contributed by atoms with E-state index in [4.69, 9.17) is 5.84 Å². The molecule has 3 N–H and O–H groups in total. The molecule has 0 radical (unpaired) electrons. The average Bonchev–Trinajstić information content (AvgIpc) is 2.39. The summed E-state index contributed by atoms with van der Waals surface area (Å²) in [5, 5.41) is 0. The van der Waals surface area contributed by atoms with Gasteiger partial charge in [0.1, 0.15) is 0 Å². The Labute approximate surface area is 102 Å². The fraction of sp³-hybridized carbons (Fsp3) is 0.214. The number of hydrogen-bond donors (Lipinski definition) is 2. The van der Waals surface area contributed by atoms with Gasteiger partial charge in [0, 0.05) is 12.4 Å². The molecular weight excluding hydrogens is 210 g/mol. The molecular formula is C14H17N3. The highest BCUT2D eigenvalue weighted by molar-refractivity contribution is 5.24. The first-order chi connectivity index (χ1) is 8.29. The van der Waals surface area contributed by atoms with Crippen molar-refractivity contribution in [2.45, 2.75) is 19.4 Å². The quantitative estimate of drug-likeness (QED) is 0.621. The number of hydrazine groups is 1. The molecule has 88 valence electrons. The molecule has 2 rings (SSSR count). The fourth-order valence-corrected chi connectivity index (χ4v) is 1.83. The van der Waals surface area contributed by atoms with Gasteiger partial charge in [-0.1, -0.05) is 29.8 Å². The summed E-state index contributed by atoms with van der Waals surface area (Å²) in [6.45, 7) is 2.09. The molecule has 1 unspecified atom stereocenters. The maximum atomic E-state index is 5.61. The summed E-state index contributed by atoms with van der Waals surface area (Å²) >= 11 is 0. The molecule has 1 heterocycles. The number of nitrogens with one attached hydrogen (secondary N) is 1. The van der Waals surface area contributed by atoms with E-state index in [-0.39, 0.29) is 6.04 Å². The molecule has 1 atom stereocenters. The topological polar surface area (TPSA) is 50.9 Å². The molecule has 0 spiro atoms. The number of pyridine rings is 1. The minimum atomic E-state index is 0.126. The van der Waals surface area contributed by atoms with Gasteiger partial charge in [-0.25, -0.2) is 0 Å². The summed E-state index contributed by atoms with van der Waals surface area (Å²) in [4.78, 5) is 4.01. The van der Waals surface area contributed by atoms with Crippen LogP contribution in [0.1, 0.15) is 22.7 Å². The lowest BCUT2D eigenvalue weighted by Crippen LogP contribution is -2.29. The van der Waals surface area contributed by atoms with Crippen molar-refractivity contribution in [1.29, 1.82) is 0 Å². The maximum Gasteiger partial charge on any atom is 0.0501 e. The van der Waals surface area contributed by atoms with Crippen LogP contribution >= 0.6 is 0 Å². The number of aromatic nitrogens is 1. The van der Waals surface area contributed by atoms with E-state index in [1.807, 2.05) is 12.1 Å². The molecule has 3 heteroatoms. The third-order valence-electron chi connectivity index (χ3n) is 2.87. The summed E-state index contributed by atoms with van der Waals surface area (Å²) in [6, 6.07) is 12.6. The second-order valence-electron chi connectivity index (χ2n) is 4.19. The van der Waals surface area contributed by atoms with Crippen molar-refractivity contribution < 1.29 is 0 Å². The molecule has 17 heavy (non-hydrogen) atoms. The second-order valence-corrected chi connectivity index (χ2v) is 4.19. The van der Waals surface area contributed by atoms with Crippen molar-refractivity contribution in [3.8, 4) is 0 Å². The Morgan fingerprint density at radius 2 is 1.76 bits per heavy atom. The highest BCUT2D eigenvalue weighted by atomic mass is 15.2. The normalized spacial score (nSPS) is 12.4. The van der Waals surface area contributed by atoms with Crippen molar-refractivity contribution >= 4 is 0 Å². The molecule has 0 saturated carbocycles. The van der Waals surface area contributed by atoms with Gasteiger partial charge in [-0.05, 0) is 36.6 Å². The van der Waals surface area contributed by atoms with Crippen LogP contribution in [0.15, 0.2) is 48.8 Å². The summed E-state index contributed by atoms with van der Waals surface area (Å²) in [7, 11) is 0. The standard InChI is InChI=1S/C14H17N3/c1-11-2-4-12(5-3-11)10-14(17-15)13-6-8-16-9-7-13/h2-9,14,17H,10,15H2,1H3. The van der Waals surface area contributed by atoms with E-state index in [1.165, 1.54) is 11.1 Å². The number of benzene rings is 1. The van der Waals surface area contributed by atoms with E-state index >= 15 is 0 Å². The zero-order valence-electron chi connectivity index (χ0n) is 9.93. The van der Waals surface area contributed by atoms with Crippen LogP contribution in [0.2, 0.25) is 0 Å². The van der Waals surface area contributed by atoms with Crippen LogP contribution in [0.25, 0.3) is 0 Å². The lowest BCUT2D eigenvalue weighted by molar-refractivity contribution is 0.551. The Kier molecular flexibility index (Phi) is 3.85. The number of rotatable bonds is 4. The molecule has 1 aromatic heterocycles. The van der Waals surface area contributed by atoms with E-state index in [2.05, 4.69) is 41.6 Å². The van der Waals surface area contributed by atoms with Gasteiger partial charge in [-0.2, -0.15) is 0 Å². The van der Waals surface area contributed by atoms with Crippen LogP contribution in [0.4, 0.5) is 0 Å². The summed E-state index contributed by atoms with van der Waals surface area (Å²) in [6.07, 6.45) is 4.45. The summed E-state index contributed by atoms with van der Waals surface area (Å²) in [5.41, 5.74) is 6.56. The molecule has 0 bridgehead atoms. The molecule has 3 nitrogen and oxygen atoms in total. The van der Waals surface area contributed by atoms with Gasteiger partial charge in [0.05, 0.1) is 6.04 Å². The van der Waals surface area contributed by atoms with E-state index < -0.39 is 0 Å². The van der Waals surface area contributed by atoms with Gasteiger partial charge in [0.2, 0.25) is 0 Å². The van der Waals surface area contributed by atoms with Crippen LogP contribution in [0, 0.1) is 6.92 Å². The molecule has 1 aromatic carbocycles. The first-order valence-corrected chi connectivity index (χ1v) is 5.71. The SMILES string of the molecule is Cc1ccc(CC(NN)c2ccncc2)cc1. The first-order valence-electron chi connectivity index (χ1n) is 5.71. The molecule has 0 saturated heterocycles. The highest BCUT2D eigenvalue weighted by Gasteiger charge is 2.09. The Balaban J connectivity index is 2.13. The average molecular weight is 227 g/mol. The first kappa shape index (κ1) is 11.8. The maximum absolute atomic E-state index is 5.61. The van der Waals surface area contributed by atoms with Crippen LogP contribution in [-0.4, -0.2) is 4.98 Å². The van der Waals surface area contributed by atoms with Crippen molar-refractivity contribution in [3.05, 3.63) is 65.5 Å². The molecule has 2 aromatic rings. The molecule has 0 aliphatic heterocycles. The lowest BCUT2D eigenvalue weighted by atomic mass is 10.00. The van der Waals surface area contributed by atoms with Gasteiger partial charge in [0.15, 0.2) is 0 Å². The minimum Gasteiger partial charge on any atom is -0.271 e. The molecule has 0 aliphatic carbocycles. The number of hydrogen-bond acceptors (Lipinski definition) is 3. The minimum absolute atomic E-state index is 0.126. The van der Waals surface area contributed by atoms with Crippen LogP contribution < -0.4 is 11.3 Å². The van der Waals surface area contributed by atoms with Gasteiger partial charge in [-0.3, -0.25) is 16.3 Å². The van der Waals surface area contributed by atoms with Gasteiger partial charge < -0.3 is 0 Å². The Bertz CT molecular complexity index is 451. The predicted molar refractivity (Wildman–Crippen MR) is 69.2 cm³/mol. The second kappa shape index (κ2) is 5.57. The third-order valence-corrected chi connectivity index (χ3v) is 2.87. The monoisotopic (exact) mass is 227 g/mol. The Morgan fingerprint density at radius 1 is 1.12 bits per heavy atom. The van der Waals surface area contributed by atoms with E-state index in [0.717, 1.165) is 12.0 Å². The third kappa shape index (κ3) is 3.12. The lowest BCUT2D eigenvalue weighted by Gasteiger charge is -2.16. The van der Waals surface area contributed by atoms with Crippen LogP contribution in [0.5, 0.6) is 0 Å². The van der Waals surface area contributed by atoms with Crippen molar-refractivity contribution in [2.24, 2.45) is 5.84 Å². The summed E-state index contributed by atoms with van der Waals surface area (Å²) < 4.78 is 0. The van der Waals surface area contributed by atoms with E-state index in [9.17, 15) is 0 Å². The Hall–Kier alpha value is -1.71. The zero-order chi connectivity index (χ0) is 12.1. The predicted octanol–water partition coefficient (Wildman–Crippen LogP) is 2.14. The van der Waals surface area contributed by atoms with Crippen LogP contribution in [-0.2, 0) is 6.42 Å². The molecule has 0 fully saturated rings. The number of aryl methyl sites for hydroxylation is 1. The van der Waals surface area contributed by atoms with Gasteiger partial charge in [-0.15, -0.1) is 0 Å². The van der Waals surface area contributed by atoms with E-state index in [1.54, 1.807) is 12.4 Å². The molecule has 0 aliphatic rings. The number of nitrogens with zero attached hydrogens (tertiary/aromatic N) is 1. The smallest absolute Gasteiger partial charge is 0.0501 e. The van der Waals surface area contributed by atoms with Crippen molar-refractivity contribution in [3.63, 3.8) is 0 Å². The van der Waals surface area contributed by atoms with Crippen molar-refractivity contribution in [1.82, 2.24) is 10.4 Å². The van der Waals surface area contributed by atoms with Crippen LogP contribution in [0.3, 0.4) is 0 Å². The fourth-order valence-electron chi connectivity index (χ4n) is 1.83. The highest BCUT2D eigenvalue weighted by Crippen LogP contribution is 2.17. The molecule has 0 amide bonds. The summed E-state index contributed by atoms with van der Waals surface area (Å²) in [5.74, 6) is 5.61. The van der Waals surface area contributed by atoms with Gasteiger partial charge in [0.25, 0.3) is 0 Å². The Morgan fingerprint density at radius 3 is 2.35 bits per heavy atom. The van der Waals surface area contributed by atoms with Crippen molar-refractivity contribution in [2.75, 3.05) is 0 Å².